The molecule has 0 radical (unpaired) electrons. The standard InChI is InChI=1S/C14H15FN2O4/c1-17-9-10(8-16-17)13(18)14(19)21-7-6-20-12-5-3-2-4-11(12)15/h2-5,8-9,13,18H,6-7H2,1H3. The molecule has 0 aliphatic rings. The number of ether oxygens (including phenoxy) is 2. The van der Waals surface area contributed by atoms with Gasteiger partial charge in [0.2, 0.25) is 0 Å². The summed E-state index contributed by atoms with van der Waals surface area (Å²) in [4.78, 5) is 11.6. The Hall–Kier alpha value is -2.41. The molecule has 0 saturated carbocycles. The highest BCUT2D eigenvalue weighted by Crippen LogP contribution is 2.15. The summed E-state index contributed by atoms with van der Waals surface area (Å²) in [5, 5.41) is 13.6. The molecule has 6 nitrogen and oxygen atoms in total. The Morgan fingerprint density at radius 3 is 2.86 bits per heavy atom. The second kappa shape index (κ2) is 6.85. The highest BCUT2D eigenvalue weighted by atomic mass is 19.1. The zero-order chi connectivity index (χ0) is 15.2. The number of carbonyl (C=O) groups excluding carboxylic acids is 1. The maximum Gasteiger partial charge on any atom is 0.339 e. The van der Waals surface area contributed by atoms with Crippen molar-refractivity contribution >= 4 is 5.97 Å². The number of aromatic nitrogens is 2. The molecule has 1 unspecified atom stereocenters. The summed E-state index contributed by atoms with van der Waals surface area (Å²) in [6.07, 6.45) is 1.50. The third-order valence-corrected chi connectivity index (χ3v) is 2.69. The van der Waals surface area contributed by atoms with E-state index in [9.17, 15) is 14.3 Å². The quantitative estimate of drug-likeness (QED) is 0.640. The SMILES string of the molecule is Cn1cc(C(O)C(=O)OCCOc2ccccc2F)cn1. The number of hydrogen-bond acceptors (Lipinski definition) is 5. The molecule has 0 bridgehead atoms. The summed E-state index contributed by atoms with van der Waals surface area (Å²) in [5.41, 5.74) is 0.345. The smallest absolute Gasteiger partial charge is 0.339 e. The van der Waals surface area contributed by atoms with Crippen molar-refractivity contribution in [1.82, 2.24) is 9.78 Å². The third-order valence-electron chi connectivity index (χ3n) is 2.69. The van der Waals surface area contributed by atoms with Gasteiger partial charge >= 0.3 is 5.97 Å². The summed E-state index contributed by atoms with van der Waals surface area (Å²) >= 11 is 0. The van der Waals surface area contributed by atoms with E-state index in [0.29, 0.717) is 5.56 Å². The number of halogens is 1. The first kappa shape index (κ1) is 15.0. The molecule has 1 aromatic carbocycles. The van der Waals surface area contributed by atoms with Crippen LogP contribution in [0.2, 0.25) is 0 Å². The lowest BCUT2D eigenvalue weighted by Crippen LogP contribution is -2.18. The number of aliphatic hydroxyl groups excluding tert-OH is 1. The summed E-state index contributed by atoms with van der Waals surface area (Å²) < 4.78 is 24.7. The van der Waals surface area contributed by atoms with Crippen molar-refractivity contribution in [3.8, 4) is 5.75 Å². The van der Waals surface area contributed by atoms with Gasteiger partial charge in [0.25, 0.3) is 0 Å². The molecule has 0 amide bonds. The molecule has 1 heterocycles. The van der Waals surface area contributed by atoms with Crippen LogP contribution in [0, 0.1) is 5.82 Å². The molecule has 21 heavy (non-hydrogen) atoms. The molecule has 112 valence electrons. The molecule has 0 spiro atoms. The normalized spacial score (nSPS) is 12.0. The first-order valence-corrected chi connectivity index (χ1v) is 6.28. The van der Waals surface area contributed by atoms with Crippen LogP contribution in [-0.4, -0.2) is 34.1 Å². The fourth-order valence-corrected chi connectivity index (χ4v) is 1.65. The van der Waals surface area contributed by atoms with E-state index in [1.54, 1.807) is 19.2 Å². The molecule has 2 rings (SSSR count). The second-order valence-corrected chi connectivity index (χ2v) is 4.30. The first-order valence-electron chi connectivity index (χ1n) is 6.28. The number of para-hydroxylation sites is 1. The van der Waals surface area contributed by atoms with Gasteiger partial charge in [-0.15, -0.1) is 0 Å². The van der Waals surface area contributed by atoms with Crippen LogP contribution in [0.4, 0.5) is 4.39 Å². The largest absolute Gasteiger partial charge is 0.487 e. The highest BCUT2D eigenvalue weighted by Gasteiger charge is 2.20. The van der Waals surface area contributed by atoms with Crippen molar-refractivity contribution in [2.24, 2.45) is 7.05 Å². The molecule has 0 fully saturated rings. The van der Waals surface area contributed by atoms with E-state index in [2.05, 4.69) is 5.10 Å². The highest BCUT2D eigenvalue weighted by molar-refractivity contribution is 5.75. The van der Waals surface area contributed by atoms with E-state index in [-0.39, 0.29) is 19.0 Å². The lowest BCUT2D eigenvalue weighted by Gasteiger charge is -2.10. The van der Waals surface area contributed by atoms with Gasteiger partial charge in [0.05, 0.1) is 6.20 Å². The molecular formula is C14H15FN2O4. The molecule has 1 N–H and O–H groups in total. The summed E-state index contributed by atoms with van der Waals surface area (Å²) in [6, 6.07) is 5.93. The van der Waals surface area contributed by atoms with Gasteiger partial charge in [-0.2, -0.15) is 5.10 Å². The molecule has 7 heteroatoms. The number of rotatable bonds is 6. The minimum Gasteiger partial charge on any atom is -0.487 e. The van der Waals surface area contributed by atoms with E-state index < -0.39 is 17.9 Å². The van der Waals surface area contributed by atoms with Gasteiger partial charge in [-0.3, -0.25) is 4.68 Å². The van der Waals surface area contributed by atoms with E-state index in [4.69, 9.17) is 9.47 Å². The van der Waals surface area contributed by atoms with Gasteiger partial charge < -0.3 is 14.6 Å². The van der Waals surface area contributed by atoms with E-state index in [0.717, 1.165) is 0 Å². The number of aryl methyl sites for hydroxylation is 1. The molecule has 0 aliphatic carbocycles. The predicted octanol–water partition coefficient (Wildman–Crippen LogP) is 1.21. The first-order chi connectivity index (χ1) is 10.1. The number of aliphatic hydroxyl groups is 1. The Labute approximate surface area is 120 Å². The van der Waals surface area contributed by atoms with E-state index >= 15 is 0 Å². The van der Waals surface area contributed by atoms with Crippen LogP contribution < -0.4 is 4.74 Å². The molecular weight excluding hydrogens is 279 g/mol. The zero-order valence-electron chi connectivity index (χ0n) is 11.4. The van der Waals surface area contributed by atoms with Crippen LogP contribution >= 0.6 is 0 Å². The molecule has 0 aliphatic heterocycles. The Balaban J connectivity index is 1.76. The van der Waals surface area contributed by atoms with Crippen LogP contribution in [0.5, 0.6) is 5.75 Å². The summed E-state index contributed by atoms with van der Waals surface area (Å²) in [7, 11) is 1.67. The van der Waals surface area contributed by atoms with Crippen molar-refractivity contribution in [2.75, 3.05) is 13.2 Å². The second-order valence-electron chi connectivity index (χ2n) is 4.30. The minimum absolute atomic E-state index is 0.00751. The Morgan fingerprint density at radius 2 is 2.19 bits per heavy atom. The fourth-order valence-electron chi connectivity index (χ4n) is 1.65. The zero-order valence-corrected chi connectivity index (χ0v) is 11.4. The fraction of sp³-hybridized carbons (Fsp3) is 0.286. The van der Waals surface area contributed by atoms with Crippen LogP contribution in [0.25, 0.3) is 0 Å². The van der Waals surface area contributed by atoms with Gasteiger partial charge in [0.15, 0.2) is 17.7 Å². The number of hydrogen-bond donors (Lipinski definition) is 1. The van der Waals surface area contributed by atoms with Gasteiger partial charge in [-0.25, -0.2) is 9.18 Å². The number of benzene rings is 1. The molecule has 2 aromatic rings. The van der Waals surface area contributed by atoms with Crippen LogP contribution in [0.15, 0.2) is 36.7 Å². The minimum atomic E-state index is -1.40. The maximum atomic E-state index is 13.2. The number of carbonyl (C=O) groups is 1. The Bertz CT molecular complexity index is 615. The molecule has 0 saturated heterocycles. The molecule has 1 aromatic heterocycles. The van der Waals surface area contributed by atoms with Gasteiger partial charge in [-0.1, -0.05) is 12.1 Å². The predicted molar refractivity (Wildman–Crippen MR) is 71.0 cm³/mol. The van der Waals surface area contributed by atoms with E-state index in [1.165, 1.54) is 29.2 Å². The van der Waals surface area contributed by atoms with E-state index in [1.807, 2.05) is 0 Å². The maximum absolute atomic E-state index is 13.2. The lowest BCUT2D eigenvalue weighted by atomic mass is 10.2. The van der Waals surface area contributed by atoms with Gasteiger partial charge in [0, 0.05) is 18.8 Å². The topological polar surface area (TPSA) is 73.6 Å². The van der Waals surface area contributed by atoms with Crippen molar-refractivity contribution in [2.45, 2.75) is 6.10 Å². The van der Waals surface area contributed by atoms with Crippen LogP contribution in [0.1, 0.15) is 11.7 Å². The van der Waals surface area contributed by atoms with Crippen molar-refractivity contribution in [3.05, 3.63) is 48.0 Å². The van der Waals surface area contributed by atoms with Crippen molar-refractivity contribution < 1.29 is 23.8 Å². The third kappa shape index (κ3) is 4.03. The Morgan fingerprint density at radius 1 is 1.43 bits per heavy atom. The van der Waals surface area contributed by atoms with Crippen molar-refractivity contribution in [3.63, 3.8) is 0 Å². The average Bonchev–Trinajstić information content (AvgIpc) is 2.91. The number of nitrogens with zero attached hydrogens (tertiary/aromatic N) is 2. The van der Waals surface area contributed by atoms with Gasteiger partial charge in [-0.05, 0) is 12.1 Å². The van der Waals surface area contributed by atoms with Crippen molar-refractivity contribution in [1.29, 1.82) is 0 Å². The van der Waals surface area contributed by atoms with Crippen LogP contribution in [-0.2, 0) is 16.6 Å². The van der Waals surface area contributed by atoms with Gasteiger partial charge in [0.1, 0.15) is 13.2 Å². The summed E-state index contributed by atoms with van der Waals surface area (Å²) in [6.45, 7) is -0.100. The number of esters is 1. The monoisotopic (exact) mass is 294 g/mol. The summed E-state index contributed by atoms with van der Waals surface area (Å²) in [5.74, 6) is -1.21. The Kier molecular flexibility index (Phi) is 4.89. The average molecular weight is 294 g/mol. The lowest BCUT2D eigenvalue weighted by molar-refractivity contribution is -0.154. The van der Waals surface area contributed by atoms with Crippen LogP contribution in [0.3, 0.4) is 0 Å². The molecule has 1 atom stereocenters.